The van der Waals surface area contributed by atoms with Crippen molar-refractivity contribution in [1.29, 1.82) is 0 Å². The maximum Gasteiger partial charge on any atom is 0.312 e. The number of rotatable bonds is 6. The Balaban J connectivity index is 2.77. The van der Waals surface area contributed by atoms with Gasteiger partial charge in [-0.1, -0.05) is 24.3 Å². The van der Waals surface area contributed by atoms with Gasteiger partial charge in [0.05, 0.1) is 23.9 Å². The third kappa shape index (κ3) is 3.96. The molecule has 0 heterocycles. The minimum absolute atomic E-state index is 0.262. The van der Waals surface area contributed by atoms with Crippen LogP contribution in [0.25, 0.3) is 0 Å². The van der Waals surface area contributed by atoms with Gasteiger partial charge in [-0.3, -0.25) is 4.79 Å². The number of halogens is 1. The van der Waals surface area contributed by atoms with Crippen LogP contribution in [-0.4, -0.2) is 20.1 Å². The molecule has 0 aliphatic heterocycles. The molecule has 6 heteroatoms. The zero-order chi connectivity index (χ0) is 21.2. The molecule has 1 atom stereocenters. The molecule has 1 unspecified atom stereocenters. The molecule has 0 aliphatic carbocycles. The highest BCUT2D eigenvalue weighted by Crippen LogP contribution is 2.45. The van der Waals surface area contributed by atoms with Gasteiger partial charge in [-0.15, -0.1) is 11.6 Å². The van der Waals surface area contributed by atoms with Crippen LogP contribution in [-0.2, 0) is 15.4 Å². The molecule has 2 aromatic carbocycles. The number of hydrogen-bond acceptors (Lipinski definition) is 5. The summed E-state index contributed by atoms with van der Waals surface area (Å²) in [5, 5.41) is 1.49. The summed E-state index contributed by atoms with van der Waals surface area (Å²) in [4.78, 5) is 12.7. The first-order chi connectivity index (χ1) is 13.1. The Morgan fingerprint density at radius 3 is 2.43 bits per heavy atom. The van der Waals surface area contributed by atoms with Crippen molar-refractivity contribution in [3.63, 3.8) is 0 Å². The maximum atomic E-state index is 12.7. The lowest BCUT2D eigenvalue weighted by Gasteiger charge is -2.34. The van der Waals surface area contributed by atoms with Crippen molar-refractivity contribution in [1.82, 2.24) is 0 Å². The maximum absolute atomic E-state index is 12.7. The topological polar surface area (TPSA) is 81.6 Å². The number of methoxy groups -OCH3 is 1. The van der Waals surface area contributed by atoms with Crippen LogP contribution in [0.1, 0.15) is 47.6 Å². The molecule has 2 rings (SSSR count). The first-order valence-electron chi connectivity index (χ1n) is 9.17. The molecule has 0 spiro atoms. The van der Waals surface area contributed by atoms with Crippen molar-refractivity contribution in [3.05, 3.63) is 58.1 Å². The van der Waals surface area contributed by atoms with E-state index in [1.54, 1.807) is 7.05 Å². The molecule has 0 radical (unpaired) electrons. The van der Waals surface area contributed by atoms with Gasteiger partial charge in [0.1, 0.15) is 0 Å². The predicted molar refractivity (Wildman–Crippen MR) is 117 cm³/mol. The summed E-state index contributed by atoms with van der Waals surface area (Å²) in [5.41, 5.74) is 11.9. The molecule has 4 N–H and O–H groups in total. The van der Waals surface area contributed by atoms with E-state index in [0.29, 0.717) is 11.6 Å². The normalized spacial score (nSPS) is 12.6. The van der Waals surface area contributed by atoms with Crippen molar-refractivity contribution >= 4 is 28.9 Å². The molecule has 5 nitrogen and oxygen atoms in total. The second-order valence-electron chi connectivity index (χ2n) is 7.79. The Labute approximate surface area is 172 Å². The Hall–Kier alpha value is -2.24. The second-order valence-corrected chi connectivity index (χ2v) is 8.06. The number of nitrogens with two attached hydrogens (primary N) is 2. The van der Waals surface area contributed by atoms with E-state index in [9.17, 15) is 4.79 Å². The summed E-state index contributed by atoms with van der Waals surface area (Å²) < 4.78 is 5.13. The first-order valence-corrected chi connectivity index (χ1v) is 9.70. The molecule has 2 aromatic rings. The monoisotopic (exact) mass is 403 g/mol. The number of hydrogen-bond donors (Lipinski definition) is 2. The minimum Gasteiger partial charge on any atom is -0.469 e. The number of aryl methyl sites for hydroxylation is 1. The summed E-state index contributed by atoms with van der Waals surface area (Å²) in [6.07, 6.45) is 0. The standard InChI is InChI=1S/C22H30ClN3O2/c1-13-7-8-15(11-16(13)12-23)19(22(3,4)21(27)28-6)17-9-10-18(26(5)25)20(24)14(17)2/h7-11,19H,12,24-25H2,1-6H3. The van der Waals surface area contributed by atoms with Gasteiger partial charge < -0.3 is 15.5 Å². The molecule has 0 saturated heterocycles. The zero-order valence-electron chi connectivity index (χ0n) is 17.5. The molecule has 0 fully saturated rings. The number of esters is 1. The van der Waals surface area contributed by atoms with Crippen LogP contribution in [0.3, 0.4) is 0 Å². The zero-order valence-corrected chi connectivity index (χ0v) is 18.2. The fourth-order valence-electron chi connectivity index (χ4n) is 3.73. The van der Waals surface area contributed by atoms with Gasteiger partial charge >= 0.3 is 5.97 Å². The van der Waals surface area contributed by atoms with E-state index in [0.717, 1.165) is 33.5 Å². The number of ether oxygens (including phenoxy) is 1. The number of carbonyl (C=O) groups excluding carboxylic acids is 1. The number of benzene rings is 2. The van der Waals surface area contributed by atoms with Crippen LogP contribution in [0.5, 0.6) is 0 Å². The molecule has 0 bridgehead atoms. The van der Waals surface area contributed by atoms with Gasteiger partial charge in [0.15, 0.2) is 0 Å². The van der Waals surface area contributed by atoms with Gasteiger partial charge in [-0.05, 0) is 61.6 Å². The van der Waals surface area contributed by atoms with Gasteiger partial charge in [0.25, 0.3) is 0 Å². The SMILES string of the molecule is COC(=O)C(C)(C)C(c1ccc(C)c(CCl)c1)c1ccc(N(C)N)c(N)c1C. The van der Waals surface area contributed by atoms with Gasteiger partial charge in [0.2, 0.25) is 0 Å². The van der Waals surface area contributed by atoms with Crippen LogP contribution in [0.4, 0.5) is 11.4 Å². The number of alkyl halides is 1. The van der Waals surface area contributed by atoms with Crippen molar-refractivity contribution < 1.29 is 9.53 Å². The van der Waals surface area contributed by atoms with E-state index in [-0.39, 0.29) is 11.9 Å². The van der Waals surface area contributed by atoms with Gasteiger partial charge in [-0.2, -0.15) is 0 Å². The van der Waals surface area contributed by atoms with E-state index >= 15 is 0 Å². The Bertz CT molecular complexity index is 878. The molecule has 0 aromatic heterocycles. The van der Waals surface area contributed by atoms with Gasteiger partial charge in [-0.25, -0.2) is 5.84 Å². The van der Waals surface area contributed by atoms with Crippen LogP contribution < -0.4 is 16.6 Å². The first kappa shape index (κ1) is 22.1. The Kier molecular flexibility index (Phi) is 6.63. The largest absolute Gasteiger partial charge is 0.469 e. The summed E-state index contributed by atoms with van der Waals surface area (Å²) in [5.74, 6) is 5.75. The van der Waals surface area contributed by atoms with Crippen LogP contribution in [0, 0.1) is 19.3 Å². The summed E-state index contributed by atoms with van der Waals surface area (Å²) in [7, 11) is 3.15. The number of nitrogens with zero attached hydrogens (tertiary/aromatic N) is 1. The highest BCUT2D eigenvalue weighted by molar-refractivity contribution is 6.17. The molecule has 0 aliphatic rings. The highest BCUT2D eigenvalue weighted by atomic mass is 35.5. The van der Waals surface area contributed by atoms with E-state index < -0.39 is 5.41 Å². The van der Waals surface area contributed by atoms with Crippen LogP contribution >= 0.6 is 11.6 Å². The van der Waals surface area contributed by atoms with Crippen molar-refractivity contribution in [2.45, 2.75) is 39.5 Å². The number of carbonyl (C=O) groups is 1. The molecule has 0 saturated carbocycles. The minimum atomic E-state index is -0.819. The fourth-order valence-corrected chi connectivity index (χ4v) is 4.02. The van der Waals surface area contributed by atoms with Gasteiger partial charge in [0, 0.05) is 18.8 Å². The molecule has 152 valence electrons. The summed E-state index contributed by atoms with van der Waals surface area (Å²) in [6, 6.07) is 10.0. The lowest BCUT2D eigenvalue weighted by Crippen LogP contribution is -2.34. The molecule has 28 heavy (non-hydrogen) atoms. The van der Waals surface area contributed by atoms with Crippen LogP contribution in [0.15, 0.2) is 30.3 Å². The summed E-state index contributed by atoms with van der Waals surface area (Å²) >= 11 is 6.14. The average molecular weight is 404 g/mol. The van der Waals surface area contributed by atoms with E-state index in [4.69, 9.17) is 27.9 Å². The third-order valence-corrected chi connectivity index (χ3v) is 5.80. The quantitative estimate of drug-likeness (QED) is 0.247. The Morgan fingerprint density at radius 1 is 1.25 bits per heavy atom. The fraction of sp³-hybridized carbons (Fsp3) is 0.409. The highest BCUT2D eigenvalue weighted by Gasteiger charge is 2.41. The van der Waals surface area contributed by atoms with Crippen LogP contribution in [0.2, 0.25) is 0 Å². The Morgan fingerprint density at radius 2 is 1.89 bits per heavy atom. The van der Waals surface area contributed by atoms with E-state index in [1.807, 2.05) is 52.0 Å². The average Bonchev–Trinajstić information content (AvgIpc) is 2.65. The van der Waals surface area contributed by atoms with E-state index in [2.05, 4.69) is 6.07 Å². The van der Waals surface area contributed by atoms with E-state index in [1.165, 1.54) is 12.1 Å². The smallest absolute Gasteiger partial charge is 0.312 e. The predicted octanol–water partition coefficient (Wildman–Crippen LogP) is 4.27. The van der Waals surface area contributed by atoms with Crippen molar-refractivity contribution in [2.75, 3.05) is 24.9 Å². The van der Waals surface area contributed by atoms with Crippen molar-refractivity contribution in [3.8, 4) is 0 Å². The molecular formula is C22H30ClN3O2. The number of anilines is 2. The second kappa shape index (κ2) is 8.41. The number of nitrogen functional groups attached to an aromatic ring is 1. The van der Waals surface area contributed by atoms with Crippen molar-refractivity contribution in [2.24, 2.45) is 11.3 Å². The lowest BCUT2D eigenvalue weighted by atomic mass is 9.69. The number of hydrazine groups is 1. The third-order valence-electron chi connectivity index (χ3n) is 5.51. The molecule has 0 amide bonds. The summed E-state index contributed by atoms with van der Waals surface area (Å²) in [6.45, 7) is 7.76. The lowest BCUT2D eigenvalue weighted by molar-refractivity contribution is -0.151. The molecular weight excluding hydrogens is 374 g/mol.